The first-order valence-corrected chi connectivity index (χ1v) is 7.01. The monoisotopic (exact) mass is 309 g/mol. The van der Waals surface area contributed by atoms with Crippen LogP contribution in [0.5, 0.6) is 0 Å². The van der Waals surface area contributed by atoms with Crippen molar-refractivity contribution in [2.24, 2.45) is 4.99 Å². The Balaban J connectivity index is 0.000000287. The molecule has 1 aliphatic rings. The van der Waals surface area contributed by atoms with Crippen molar-refractivity contribution < 1.29 is 25.5 Å². The Morgan fingerprint density at radius 3 is 2.14 bits per heavy atom. The molecule has 0 heterocycles. The van der Waals surface area contributed by atoms with Crippen LogP contribution in [-0.2, 0) is 0 Å². The Morgan fingerprint density at radius 1 is 1.05 bits per heavy atom. The van der Waals surface area contributed by atoms with E-state index in [4.69, 9.17) is 10.2 Å². The molecule has 1 aliphatic carbocycles. The zero-order chi connectivity index (χ0) is 16.5. The second-order valence-electron chi connectivity index (χ2n) is 4.99. The van der Waals surface area contributed by atoms with E-state index in [-0.39, 0.29) is 12.2 Å². The van der Waals surface area contributed by atoms with E-state index < -0.39 is 31.0 Å². The summed E-state index contributed by atoms with van der Waals surface area (Å²) in [5.41, 5.74) is 1.54. The van der Waals surface area contributed by atoms with Crippen LogP contribution >= 0.6 is 0 Å². The number of aryl methyl sites for hydroxylation is 1. The summed E-state index contributed by atoms with van der Waals surface area (Å²) in [7, 11) is 0. The molecule has 6 heteroatoms. The number of aliphatic imine (C=N–C) groups is 1. The van der Waals surface area contributed by atoms with E-state index >= 15 is 0 Å². The maximum Gasteiger partial charge on any atom is 0.112 e. The highest BCUT2D eigenvalue weighted by Crippen LogP contribution is 2.21. The summed E-state index contributed by atoms with van der Waals surface area (Å²) in [4.78, 5) is 3.78. The standard InChI is InChI=1S/C9H15NO5.C7H8/c11-2-1-10-6-3-5(4-12)7(13)9(15)8(6)14;1-7-5-3-2-4-6-7/h1,3,6-9,11-15H,2,4H2;2-6H,1H3. The van der Waals surface area contributed by atoms with Gasteiger partial charge in [-0.25, -0.2) is 0 Å². The number of aliphatic hydroxyl groups is 5. The Labute approximate surface area is 129 Å². The first-order chi connectivity index (χ1) is 10.5. The SMILES string of the molecule is Cc1ccccc1.OCC=NC1C=C(CO)C(O)C(O)C1O. The second kappa shape index (κ2) is 9.45. The normalized spacial score (nSPS) is 28.0. The molecule has 0 aliphatic heterocycles. The fraction of sp³-hybridized carbons (Fsp3) is 0.438. The third-order valence-corrected chi connectivity index (χ3v) is 3.27. The molecule has 1 aromatic carbocycles. The first-order valence-electron chi connectivity index (χ1n) is 7.01. The van der Waals surface area contributed by atoms with Crippen molar-refractivity contribution in [1.29, 1.82) is 0 Å². The highest BCUT2D eigenvalue weighted by Gasteiger charge is 2.36. The van der Waals surface area contributed by atoms with Crippen molar-refractivity contribution in [3.63, 3.8) is 0 Å². The molecule has 2 rings (SSSR count). The van der Waals surface area contributed by atoms with Crippen LogP contribution in [0.15, 0.2) is 47.0 Å². The van der Waals surface area contributed by atoms with Crippen LogP contribution in [0.3, 0.4) is 0 Å². The maximum absolute atomic E-state index is 9.52. The Kier molecular flexibility index (Phi) is 7.94. The van der Waals surface area contributed by atoms with Crippen LogP contribution in [0.1, 0.15) is 5.56 Å². The van der Waals surface area contributed by atoms with Gasteiger partial charge in [-0.2, -0.15) is 0 Å². The summed E-state index contributed by atoms with van der Waals surface area (Å²) in [6.45, 7) is 1.40. The molecule has 1 aromatic rings. The molecule has 0 fully saturated rings. The summed E-state index contributed by atoms with van der Waals surface area (Å²) in [6, 6.07) is 9.51. The lowest BCUT2D eigenvalue weighted by atomic mass is 9.88. The number of aliphatic hydroxyl groups excluding tert-OH is 5. The van der Waals surface area contributed by atoms with Crippen LogP contribution in [0.4, 0.5) is 0 Å². The fourth-order valence-corrected chi connectivity index (χ4v) is 2.01. The minimum absolute atomic E-state index is 0.216. The number of hydrogen-bond donors (Lipinski definition) is 5. The minimum Gasteiger partial charge on any atom is -0.392 e. The molecule has 4 atom stereocenters. The number of rotatable bonds is 3. The molecule has 0 aromatic heterocycles. The average Bonchev–Trinajstić information content (AvgIpc) is 2.53. The molecule has 6 nitrogen and oxygen atoms in total. The predicted octanol–water partition coefficient (Wildman–Crippen LogP) is -0.572. The Morgan fingerprint density at radius 2 is 1.68 bits per heavy atom. The lowest BCUT2D eigenvalue weighted by Crippen LogP contribution is -2.48. The zero-order valence-corrected chi connectivity index (χ0v) is 12.4. The third-order valence-electron chi connectivity index (χ3n) is 3.27. The molecule has 0 radical (unpaired) electrons. The van der Waals surface area contributed by atoms with Gasteiger partial charge in [0.2, 0.25) is 0 Å². The molecule has 5 N–H and O–H groups in total. The lowest BCUT2D eigenvalue weighted by Gasteiger charge is -2.32. The van der Waals surface area contributed by atoms with Gasteiger partial charge in [0, 0.05) is 6.21 Å². The van der Waals surface area contributed by atoms with Gasteiger partial charge in [0.1, 0.15) is 18.3 Å². The van der Waals surface area contributed by atoms with Crippen molar-refractivity contribution in [3.05, 3.63) is 47.5 Å². The largest absolute Gasteiger partial charge is 0.392 e. The highest BCUT2D eigenvalue weighted by atomic mass is 16.4. The van der Waals surface area contributed by atoms with Crippen molar-refractivity contribution in [1.82, 2.24) is 0 Å². The van der Waals surface area contributed by atoms with Gasteiger partial charge in [-0.05, 0) is 12.5 Å². The quantitative estimate of drug-likeness (QED) is 0.379. The summed E-state index contributed by atoms with van der Waals surface area (Å²) in [6.07, 6.45) is -1.32. The van der Waals surface area contributed by atoms with Gasteiger partial charge in [-0.1, -0.05) is 42.0 Å². The van der Waals surface area contributed by atoms with Crippen molar-refractivity contribution in [2.45, 2.75) is 31.3 Å². The molecule has 0 saturated heterocycles. The molecule has 22 heavy (non-hydrogen) atoms. The Hall–Kier alpha value is -1.57. The molecule has 0 amide bonds. The third kappa shape index (κ3) is 5.32. The molecule has 0 saturated carbocycles. The van der Waals surface area contributed by atoms with Gasteiger partial charge in [-0.15, -0.1) is 0 Å². The topological polar surface area (TPSA) is 114 Å². The molecular formula is C16H23NO5. The van der Waals surface area contributed by atoms with Crippen LogP contribution in [0, 0.1) is 6.92 Å². The van der Waals surface area contributed by atoms with Gasteiger partial charge >= 0.3 is 0 Å². The molecule has 4 unspecified atom stereocenters. The molecular weight excluding hydrogens is 286 g/mol. The summed E-state index contributed by atoms with van der Waals surface area (Å²) >= 11 is 0. The van der Waals surface area contributed by atoms with E-state index in [0.29, 0.717) is 0 Å². The lowest BCUT2D eigenvalue weighted by molar-refractivity contribution is -0.0593. The predicted molar refractivity (Wildman–Crippen MR) is 83.7 cm³/mol. The van der Waals surface area contributed by atoms with Gasteiger partial charge < -0.3 is 25.5 Å². The zero-order valence-electron chi connectivity index (χ0n) is 12.4. The van der Waals surface area contributed by atoms with E-state index in [1.807, 2.05) is 18.2 Å². The van der Waals surface area contributed by atoms with Gasteiger partial charge in [-0.3, -0.25) is 4.99 Å². The summed E-state index contributed by atoms with van der Waals surface area (Å²) in [5, 5.41) is 45.8. The average molecular weight is 309 g/mol. The van der Waals surface area contributed by atoms with E-state index in [9.17, 15) is 15.3 Å². The van der Waals surface area contributed by atoms with Crippen LogP contribution in [0.25, 0.3) is 0 Å². The highest BCUT2D eigenvalue weighted by molar-refractivity contribution is 5.58. The maximum atomic E-state index is 9.52. The van der Waals surface area contributed by atoms with E-state index in [0.717, 1.165) is 0 Å². The molecule has 0 spiro atoms. The van der Waals surface area contributed by atoms with Crippen LogP contribution in [-0.4, -0.2) is 69.3 Å². The first kappa shape index (κ1) is 18.5. The van der Waals surface area contributed by atoms with E-state index in [1.165, 1.54) is 17.9 Å². The molecule has 122 valence electrons. The van der Waals surface area contributed by atoms with Crippen molar-refractivity contribution in [3.8, 4) is 0 Å². The smallest absolute Gasteiger partial charge is 0.112 e. The van der Waals surface area contributed by atoms with Crippen LogP contribution < -0.4 is 0 Å². The van der Waals surface area contributed by atoms with Crippen molar-refractivity contribution in [2.75, 3.05) is 13.2 Å². The fourth-order valence-electron chi connectivity index (χ4n) is 2.01. The van der Waals surface area contributed by atoms with E-state index in [2.05, 4.69) is 24.0 Å². The minimum atomic E-state index is -1.38. The van der Waals surface area contributed by atoms with Gasteiger partial charge in [0.15, 0.2) is 0 Å². The van der Waals surface area contributed by atoms with E-state index in [1.54, 1.807) is 0 Å². The number of hydrogen-bond acceptors (Lipinski definition) is 6. The summed E-state index contributed by atoms with van der Waals surface area (Å²) in [5.74, 6) is 0. The second-order valence-corrected chi connectivity index (χ2v) is 4.99. The van der Waals surface area contributed by atoms with Crippen molar-refractivity contribution >= 4 is 6.21 Å². The van der Waals surface area contributed by atoms with Gasteiger partial charge in [0.25, 0.3) is 0 Å². The van der Waals surface area contributed by atoms with Gasteiger partial charge in [0.05, 0.1) is 19.3 Å². The number of benzene rings is 1. The Bertz CT molecular complexity index is 489. The molecule has 0 bridgehead atoms. The summed E-state index contributed by atoms with van der Waals surface area (Å²) < 4.78 is 0. The number of nitrogens with zero attached hydrogens (tertiary/aromatic N) is 1. The van der Waals surface area contributed by atoms with Crippen LogP contribution in [0.2, 0.25) is 0 Å².